The smallest absolute Gasteiger partial charge is 0.329 e. The summed E-state index contributed by atoms with van der Waals surface area (Å²) in [4.78, 5) is 26.6. The third-order valence-corrected chi connectivity index (χ3v) is 6.72. The Morgan fingerprint density at radius 2 is 1.89 bits per heavy atom. The second-order valence-corrected chi connectivity index (χ2v) is 9.93. The Labute approximate surface area is 226 Å². The van der Waals surface area contributed by atoms with Crippen LogP contribution in [-0.4, -0.2) is 23.9 Å². The van der Waals surface area contributed by atoms with Gasteiger partial charge in [0.25, 0.3) is 5.91 Å². The number of halogens is 3. The summed E-state index contributed by atoms with van der Waals surface area (Å²) in [7, 11) is 1.54. The van der Waals surface area contributed by atoms with Gasteiger partial charge in [-0.25, -0.2) is 4.79 Å². The van der Waals surface area contributed by atoms with Crippen molar-refractivity contribution in [2.24, 2.45) is 0 Å². The largest absolute Gasteiger partial charge is 0.493 e. The van der Waals surface area contributed by atoms with Crippen LogP contribution in [0.5, 0.6) is 11.5 Å². The Bertz CT molecular complexity index is 1340. The van der Waals surface area contributed by atoms with Crippen LogP contribution in [0.25, 0.3) is 6.08 Å². The number of methoxy groups -OCH3 is 1. The van der Waals surface area contributed by atoms with Crippen LogP contribution in [0.2, 0.25) is 10.0 Å². The number of carbonyl (C=O) groups excluding carboxylic acids is 2. The maximum absolute atomic E-state index is 12.9. The lowest BCUT2D eigenvalue weighted by molar-refractivity contribution is -0.123. The van der Waals surface area contributed by atoms with Gasteiger partial charge in [0, 0.05) is 15.6 Å². The summed E-state index contributed by atoms with van der Waals surface area (Å²) in [5.41, 5.74) is 3.61. The van der Waals surface area contributed by atoms with E-state index in [1.807, 2.05) is 37.3 Å². The zero-order valence-electron chi connectivity index (χ0n) is 18.9. The van der Waals surface area contributed by atoms with Crippen molar-refractivity contribution in [1.29, 1.82) is 0 Å². The zero-order chi connectivity index (χ0) is 25.1. The first-order valence-electron chi connectivity index (χ1n) is 10.6. The van der Waals surface area contributed by atoms with Crippen molar-refractivity contribution in [3.63, 3.8) is 0 Å². The maximum Gasteiger partial charge on any atom is 0.329 e. The second kappa shape index (κ2) is 10.9. The molecule has 3 aromatic rings. The van der Waals surface area contributed by atoms with E-state index in [2.05, 4.69) is 27.9 Å². The summed E-state index contributed by atoms with van der Waals surface area (Å²) in [6.45, 7) is 2.39. The highest BCUT2D eigenvalue weighted by atomic mass is 127. The quantitative estimate of drug-likeness (QED) is 0.183. The number of imide groups is 1. The van der Waals surface area contributed by atoms with Gasteiger partial charge in [0.15, 0.2) is 11.5 Å². The van der Waals surface area contributed by atoms with Crippen molar-refractivity contribution < 1.29 is 19.1 Å². The molecular weight excluding hydrogens is 602 g/mol. The fraction of sp³-hybridized carbons (Fsp3) is 0.154. The van der Waals surface area contributed by atoms with Crippen molar-refractivity contribution in [3.8, 4) is 11.5 Å². The first kappa shape index (κ1) is 25.3. The van der Waals surface area contributed by atoms with E-state index in [0.717, 1.165) is 20.3 Å². The molecule has 1 aliphatic rings. The molecule has 4 rings (SSSR count). The molecule has 0 saturated carbocycles. The Morgan fingerprint density at radius 1 is 1.09 bits per heavy atom. The van der Waals surface area contributed by atoms with Crippen LogP contribution in [0.3, 0.4) is 0 Å². The Hall–Kier alpha value is -2.75. The van der Waals surface area contributed by atoms with Gasteiger partial charge in [-0.2, -0.15) is 0 Å². The number of aryl methyl sites for hydroxylation is 1. The summed E-state index contributed by atoms with van der Waals surface area (Å²) in [6.07, 6.45) is 1.63. The van der Waals surface area contributed by atoms with Crippen LogP contribution in [0.15, 0.2) is 60.3 Å². The molecule has 0 radical (unpaired) electrons. The molecule has 0 aromatic heterocycles. The van der Waals surface area contributed by atoms with Crippen molar-refractivity contribution >= 4 is 63.8 Å². The van der Waals surface area contributed by atoms with Crippen LogP contribution in [-0.2, 0) is 17.9 Å². The van der Waals surface area contributed by atoms with Crippen LogP contribution < -0.4 is 14.8 Å². The minimum absolute atomic E-state index is 0.196. The zero-order valence-corrected chi connectivity index (χ0v) is 22.6. The lowest BCUT2D eigenvalue weighted by Crippen LogP contribution is -2.30. The summed E-state index contributed by atoms with van der Waals surface area (Å²) in [5, 5.41) is 3.73. The van der Waals surface area contributed by atoms with E-state index >= 15 is 0 Å². The lowest BCUT2D eigenvalue weighted by Gasteiger charge is -2.14. The number of carbonyl (C=O) groups is 2. The van der Waals surface area contributed by atoms with Gasteiger partial charge in [0.05, 0.1) is 17.2 Å². The predicted molar refractivity (Wildman–Crippen MR) is 145 cm³/mol. The van der Waals surface area contributed by atoms with Crippen molar-refractivity contribution in [2.45, 2.75) is 20.1 Å². The third kappa shape index (κ3) is 5.91. The maximum atomic E-state index is 12.9. The Kier molecular flexibility index (Phi) is 7.88. The number of rotatable bonds is 7. The van der Waals surface area contributed by atoms with Crippen molar-refractivity contribution in [1.82, 2.24) is 10.2 Å². The number of hydrogen-bond acceptors (Lipinski definition) is 4. The molecule has 1 N–H and O–H groups in total. The van der Waals surface area contributed by atoms with E-state index in [1.54, 1.807) is 30.3 Å². The van der Waals surface area contributed by atoms with Crippen LogP contribution >= 0.6 is 45.8 Å². The number of nitrogens with one attached hydrogen (secondary N) is 1. The van der Waals surface area contributed by atoms with Gasteiger partial charge >= 0.3 is 6.03 Å². The van der Waals surface area contributed by atoms with Gasteiger partial charge in [-0.3, -0.25) is 9.69 Å². The predicted octanol–water partition coefficient (Wildman–Crippen LogP) is 6.59. The second-order valence-electron chi connectivity index (χ2n) is 7.93. The standard InChI is InChI=1S/C26H21Cl2IN2O4/c1-15-4-3-5-16(8-15)13-31-25(32)22(30-26(31)33)10-17-9-21(29)24(23(11-17)34-2)35-14-18-6-7-19(27)12-20(18)28/h3-12H,13-14H2,1-2H3,(H,30,33)/b22-10+. The average Bonchev–Trinajstić information content (AvgIpc) is 3.06. The Balaban J connectivity index is 1.54. The Morgan fingerprint density at radius 3 is 2.60 bits per heavy atom. The third-order valence-electron chi connectivity index (χ3n) is 5.34. The summed E-state index contributed by atoms with van der Waals surface area (Å²) >= 11 is 14.4. The highest BCUT2D eigenvalue weighted by Crippen LogP contribution is 2.36. The van der Waals surface area contributed by atoms with Crippen LogP contribution in [0.4, 0.5) is 4.79 Å². The summed E-state index contributed by atoms with van der Waals surface area (Å²) in [5.74, 6) is 0.648. The molecule has 0 aliphatic carbocycles. The van der Waals surface area contributed by atoms with Gasteiger partial charge in [-0.15, -0.1) is 0 Å². The van der Waals surface area contributed by atoms with Gasteiger partial charge < -0.3 is 14.8 Å². The first-order chi connectivity index (χ1) is 16.7. The van der Waals surface area contributed by atoms with E-state index < -0.39 is 6.03 Å². The van der Waals surface area contributed by atoms with Gasteiger partial charge in [0.1, 0.15) is 12.3 Å². The molecule has 1 aliphatic heterocycles. The normalized spacial score (nSPS) is 14.4. The fourth-order valence-corrected chi connectivity index (χ4v) is 4.87. The minimum atomic E-state index is -0.454. The van der Waals surface area contributed by atoms with Crippen molar-refractivity contribution in [2.75, 3.05) is 7.11 Å². The molecule has 35 heavy (non-hydrogen) atoms. The molecule has 6 nitrogen and oxygen atoms in total. The van der Waals surface area contributed by atoms with Gasteiger partial charge in [-0.05, 0) is 71.0 Å². The van der Waals surface area contributed by atoms with E-state index in [4.69, 9.17) is 32.7 Å². The number of hydrogen-bond donors (Lipinski definition) is 1. The minimum Gasteiger partial charge on any atom is -0.493 e. The molecule has 9 heteroatoms. The van der Waals surface area contributed by atoms with Gasteiger partial charge in [0.2, 0.25) is 0 Å². The number of urea groups is 1. The molecule has 0 spiro atoms. The van der Waals surface area contributed by atoms with E-state index in [9.17, 15) is 9.59 Å². The number of nitrogens with zero attached hydrogens (tertiary/aromatic N) is 1. The highest BCUT2D eigenvalue weighted by molar-refractivity contribution is 14.1. The lowest BCUT2D eigenvalue weighted by atomic mass is 10.1. The molecule has 3 aromatic carbocycles. The number of amides is 3. The van der Waals surface area contributed by atoms with E-state index in [-0.39, 0.29) is 24.8 Å². The highest BCUT2D eigenvalue weighted by Gasteiger charge is 2.33. The fourth-order valence-electron chi connectivity index (χ4n) is 3.63. The molecule has 0 unspecified atom stereocenters. The SMILES string of the molecule is COc1cc(/C=C2/NC(=O)N(Cc3cccc(C)c3)C2=O)cc(I)c1OCc1ccc(Cl)cc1Cl. The molecule has 0 bridgehead atoms. The molecule has 0 atom stereocenters. The van der Waals surface area contributed by atoms with Crippen LogP contribution in [0, 0.1) is 10.5 Å². The average molecular weight is 623 g/mol. The summed E-state index contributed by atoms with van der Waals surface area (Å²) < 4.78 is 12.3. The molecule has 1 saturated heterocycles. The van der Waals surface area contributed by atoms with E-state index in [1.165, 1.54) is 12.0 Å². The number of benzene rings is 3. The van der Waals surface area contributed by atoms with Crippen molar-refractivity contribution in [3.05, 3.63) is 96.2 Å². The van der Waals surface area contributed by atoms with E-state index in [0.29, 0.717) is 27.1 Å². The molecule has 1 fully saturated rings. The number of ether oxygens (including phenoxy) is 2. The topological polar surface area (TPSA) is 67.9 Å². The summed E-state index contributed by atoms with van der Waals surface area (Å²) in [6, 6.07) is 16.1. The molecular formula is C26H21Cl2IN2O4. The van der Waals surface area contributed by atoms with Gasteiger partial charge in [-0.1, -0.05) is 59.1 Å². The first-order valence-corrected chi connectivity index (χ1v) is 12.4. The monoisotopic (exact) mass is 622 g/mol. The molecule has 3 amide bonds. The molecule has 1 heterocycles. The molecule has 180 valence electrons. The van der Waals surface area contributed by atoms with Crippen LogP contribution in [0.1, 0.15) is 22.3 Å².